The average Bonchev–Trinajstić information content (AvgIpc) is 2.94. The molecule has 3 rings (SSSR count). The van der Waals surface area contributed by atoms with Crippen molar-refractivity contribution < 1.29 is 19.1 Å². The fraction of sp³-hybridized carbons (Fsp3) is 0.333. The SMILES string of the molecule is C[C@@H]1CCn2nc(-c3ccoc3)c(C(=O)O)c2O1. The molecule has 0 bridgehead atoms. The molecule has 0 aromatic carbocycles. The van der Waals surface area contributed by atoms with Crippen LogP contribution in [0.15, 0.2) is 23.0 Å². The van der Waals surface area contributed by atoms with Gasteiger partial charge in [-0.2, -0.15) is 5.10 Å². The first-order chi connectivity index (χ1) is 8.66. The minimum atomic E-state index is -1.04. The highest BCUT2D eigenvalue weighted by molar-refractivity contribution is 5.97. The van der Waals surface area contributed by atoms with Gasteiger partial charge in [0.05, 0.1) is 18.6 Å². The first-order valence-electron chi connectivity index (χ1n) is 5.70. The highest BCUT2D eigenvalue weighted by Crippen LogP contribution is 2.33. The van der Waals surface area contributed by atoms with Crippen LogP contribution in [-0.2, 0) is 6.54 Å². The van der Waals surface area contributed by atoms with Crippen molar-refractivity contribution in [2.45, 2.75) is 26.0 Å². The number of rotatable bonds is 2. The van der Waals surface area contributed by atoms with Crippen LogP contribution in [0.4, 0.5) is 0 Å². The normalized spacial score (nSPS) is 18.2. The van der Waals surface area contributed by atoms with E-state index < -0.39 is 5.97 Å². The lowest BCUT2D eigenvalue weighted by Crippen LogP contribution is -2.24. The van der Waals surface area contributed by atoms with E-state index in [0.29, 0.717) is 23.7 Å². The molecule has 0 saturated carbocycles. The number of carboxylic acids is 1. The number of aryl methyl sites for hydroxylation is 1. The molecular weight excluding hydrogens is 236 g/mol. The Labute approximate surface area is 103 Å². The summed E-state index contributed by atoms with van der Waals surface area (Å²) >= 11 is 0. The van der Waals surface area contributed by atoms with E-state index in [2.05, 4.69) is 5.10 Å². The number of furan rings is 1. The molecule has 18 heavy (non-hydrogen) atoms. The highest BCUT2D eigenvalue weighted by atomic mass is 16.5. The standard InChI is InChI=1S/C12H12N2O4/c1-7-2-4-14-11(18-7)9(12(15)16)10(13-14)8-3-5-17-6-8/h3,5-7H,2,4H2,1H3,(H,15,16)/t7-/m1/s1. The molecule has 6 nitrogen and oxygen atoms in total. The Hall–Kier alpha value is -2.24. The van der Waals surface area contributed by atoms with Gasteiger partial charge in [-0.15, -0.1) is 0 Å². The van der Waals surface area contributed by atoms with Gasteiger partial charge in [0.1, 0.15) is 11.3 Å². The molecule has 1 N–H and O–H groups in total. The summed E-state index contributed by atoms with van der Waals surface area (Å²) in [6, 6.07) is 1.68. The number of carbonyl (C=O) groups is 1. The van der Waals surface area contributed by atoms with Gasteiger partial charge in [0.2, 0.25) is 5.88 Å². The van der Waals surface area contributed by atoms with Crippen LogP contribution < -0.4 is 4.74 Å². The number of hydrogen-bond donors (Lipinski definition) is 1. The molecule has 0 unspecified atom stereocenters. The number of carboxylic acid groups (broad SMARTS) is 1. The van der Waals surface area contributed by atoms with E-state index in [-0.39, 0.29) is 11.7 Å². The van der Waals surface area contributed by atoms with Gasteiger partial charge in [-0.1, -0.05) is 0 Å². The second kappa shape index (κ2) is 3.90. The van der Waals surface area contributed by atoms with Crippen molar-refractivity contribution in [3.05, 3.63) is 24.2 Å². The Morgan fingerprint density at radius 2 is 2.44 bits per heavy atom. The Bertz CT molecular complexity index is 585. The van der Waals surface area contributed by atoms with E-state index in [1.165, 1.54) is 12.5 Å². The molecule has 0 fully saturated rings. The van der Waals surface area contributed by atoms with Crippen LogP contribution in [0.5, 0.6) is 5.88 Å². The molecule has 0 aliphatic carbocycles. The Morgan fingerprint density at radius 3 is 3.11 bits per heavy atom. The predicted octanol–water partition coefficient (Wildman–Crippen LogP) is 2.01. The van der Waals surface area contributed by atoms with Crippen molar-refractivity contribution in [3.63, 3.8) is 0 Å². The van der Waals surface area contributed by atoms with Gasteiger partial charge in [-0.05, 0) is 13.0 Å². The number of aromatic nitrogens is 2. The fourth-order valence-corrected chi connectivity index (χ4v) is 2.07. The summed E-state index contributed by atoms with van der Waals surface area (Å²) in [5, 5.41) is 13.6. The van der Waals surface area contributed by atoms with Gasteiger partial charge in [-0.25, -0.2) is 9.48 Å². The summed E-state index contributed by atoms with van der Waals surface area (Å²) in [6.07, 6.45) is 3.79. The molecule has 3 heterocycles. The van der Waals surface area contributed by atoms with Crippen LogP contribution in [0.1, 0.15) is 23.7 Å². The summed E-state index contributed by atoms with van der Waals surface area (Å²) in [7, 11) is 0. The van der Waals surface area contributed by atoms with E-state index in [1.807, 2.05) is 6.92 Å². The van der Waals surface area contributed by atoms with Gasteiger partial charge in [0.25, 0.3) is 0 Å². The van der Waals surface area contributed by atoms with Gasteiger partial charge < -0.3 is 14.3 Å². The van der Waals surface area contributed by atoms with Crippen molar-refractivity contribution in [1.29, 1.82) is 0 Å². The van der Waals surface area contributed by atoms with E-state index in [9.17, 15) is 9.90 Å². The first kappa shape index (κ1) is 10.9. The lowest BCUT2D eigenvalue weighted by Gasteiger charge is -2.21. The molecule has 0 radical (unpaired) electrons. The van der Waals surface area contributed by atoms with Gasteiger partial charge in [0, 0.05) is 18.5 Å². The van der Waals surface area contributed by atoms with Crippen LogP contribution in [0, 0.1) is 0 Å². The molecule has 6 heteroatoms. The van der Waals surface area contributed by atoms with E-state index in [4.69, 9.17) is 9.15 Å². The summed E-state index contributed by atoms with van der Waals surface area (Å²) in [6.45, 7) is 2.58. The number of nitrogens with zero attached hydrogens (tertiary/aromatic N) is 2. The van der Waals surface area contributed by atoms with Crippen LogP contribution in [-0.4, -0.2) is 27.0 Å². The topological polar surface area (TPSA) is 77.5 Å². The average molecular weight is 248 g/mol. The highest BCUT2D eigenvalue weighted by Gasteiger charge is 2.30. The monoisotopic (exact) mass is 248 g/mol. The molecule has 1 aliphatic rings. The number of ether oxygens (including phenoxy) is 1. The zero-order valence-corrected chi connectivity index (χ0v) is 9.79. The lowest BCUT2D eigenvalue weighted by molar-refractivity contribution is 0.0684. The third-order valence-corrected chi connectivity index (χ3v) is 2.97. The molecule has 0 saturated heterocycles. The summed E-state index contributed by atoms with van der Waals surface area (Å²) in [5.41, 5.74) is 1.13. The molecule has 1 atom stereocenters. The van der Waals surface area contributed by atoms with Gasteiger partial charge >= 0.3 is 5.97 Å². The molecule has 2 aromatic rings. The Morgan fingerprint density at radius 1 is 1.61 bits per heavy atom. The zero-order chi connectivity index (χ0) is 12.7. The Kier molecular flexibility index (Phi) is 2.36. The predicted molar refractivity (Wildman–Crippen MR) is 61.6 cm³/mol. The van der Waals surface area contributed by atoms with Crippen LogP contribution in [0.2, 0.25) is 0 Å². The summed E-state index contributed by atoms with van der Waals surface area (Å²) in [4.78, 5) is 11.4. The van der Waals surface area contributed by atoms with Crippen molar-refractivity contribution >= 4 is 5.97 Å². The van der Waals surface area contributed by atoms with Crippen molar-refractivity contribution in [2.75, 3.05) is 0 Å². The second-order valence-corrected chi connectivity index (χ2v) is 4.29. The summed E-state index contributed by atoms with van der Waals surface area (Å²) in [5.74, 6) is -0.709. The van der Waals surface area contributed by atoms with Gasteiger partial charge in [0.15, 0.2) is 0 Å². The maximum Gasteiger partial charge on any atom is 0.343 e. The maximum absolute atomic E-state index is 11.4. The van der Waals surface area contributed by atoms with E-state index >= 15 is 0 Å². The minimum absolute atomic E-state index is 0.00417. The maximum atomic E-state index is 11.4. The quantitative estimate of drug-likeness (QED) is 0.879. The van der Waals surface area contributed by atoms with E-state index in [0.717, 1.165) is 6.42 Å². The molecule has 1 aliphatic heterocycles. The third kappa shape index (κ3) is 1.57. The molecule has 0 amide bonds. The van der Waals surface area contributed by atoms with Crippen LogP contribution >= 0.6 is 0 Å². The van der Waals surface area contributed by atoms with Crippen molar-refractivity contribution in [2.24, 2.45) is 0 Å². The zero-order valence-electron chi connectivity index (χ0n) is 9.79. The fourth-order valence-electron chi connectivity index (χ4n) is 2.07. The van der Waals surface area contributed by atoms with Crippen molar-refractivity contribution in [3.8, 4) is 17.1 Å². The Balaban J connectivity index is 2.18. The number of aromatic carboxylic acids is 1. The molecular formula is C12H12N2O4. The molecule has 94 valence electrons. The van der Waals surface area contributed by atoms with Crippen LogP contribution in [0.25, 0.3) is 11.3 Å². The largest absolute Gasteiger partial charge is 0.477 e. The molecule has 0 spiro atoms. The minimum Gasteiger partial charge on any atom is -0.477 e. The first-order valence-corrected chi connectivity index (χ1v) is 5.70. The van der Waals surface area contributed by atoms with E-state index in [1.54, 1.807) is 10.7 Å². The third-order valence-electron chi connectivity index (χ3n) is 2.97. The van der Waals surface area contributed by atoms with Crippen LogP contribution in [0.3, 0.4) is 0 Å². The lowest BCUT2D eigenvalue weighted by atomic mass is 10.1. The second-order valence-electron chi connectivity index (χ2n) is 4.29. The van der Waals surface area contributed by atoms with Crippen molar-refractivity contribution in [1.82, 2.24) is 9.78 Å². The number of fused-ring (bicyclic) bond motifs is 1. The summed E-state index contributed by atoms with van der Waals surface area (Å²) < 4.78 is 12.2. The smallest absolute Gasteiger partial charge is 0.343 e. The number of hydrogen-bond acceptors (Lipinski definition) is 4. The molecule has 2 aromatic heterocycles. The van der Waals surface area contributed by atoms with Gasteiger partial charge in [-0.3, -0.25) is 0 Å².